The zero-order valence-electron chi connectivity index (χ0n) is 11.3. The van der Waals surface area contributed by atoms with Crippen molar-refractivity contribution in [3.05, 3.63) is 29.3 Å². The maximum Gasteiger partial charge on any atom is 0.239 e. The van der Waals surface area contributed by atoms with Gasteiger partial charge in [0.2, 0.25) is 5.91 Å². The standard InChI is InChI=1S/C14H21N3O/c1-10(14(18)16(2)3)17-7-6-11-4-5-13(15)8-12(11)9-17/h4-5,8,10H,6-7,9,15H2,1-3H3. The normalized spacial score (nSPS) is 17.1. The number of nitrogens with zero attached hydrogens (tertiary/aromatic N) is 2. The van der Waals surface area contributed by atoms with Gasteiger partial charge in [-0.2, -0.15) is 0 Å². The summed E-state index contributed by atoms with van der Waals surface area (Å²) in [5.74, 6) is 0.155. The molecule has 1 aromatic rings. The van der Waals surface area contributed by atoms with Gasteiger partial charge in [0.15, 0.2) is 0 Å². The Kier molecular flexibility index (Phi) is 3.57. The molecule has 1 unspecified atom stereocenters. The number of fused-ring (bicyclic) bond motifs is 1. The third-order valence-corrected chi connectivity index (χ3v) is 3.62. The van der Waals surface area contributed by atoms with Gasteiger partial charge in [-0.3, -0.25) is 9.69 Å². The summed E-state index contributed by atoms with van der Waals surface area (Å²) in [6.45, 7) is 3.71. The monoisotopic (exact) mass is 247 g/mol. The highest BCUT2D eigenvalue weighted by molar-refractivity contribution is 5.81. The first-order chi connectivity index (χ1) is 8.49. The van der Waals surface area contributed by atoms with Crippen LogP contribution in [0.25, 0.3) is 0 Å². The molecule has 1 aliphatic rings. The Morgan fingerprint density at radius 3 is 2.78 bits per heavy atom. The fourth-order valence-electron chi connectivity index (χ4n) is 2.46. The number of likely N-dealkylation sites (N-methyl/N-ethyl adjacent to an activating group) is 1. The second-order valence-corrected chi connectivity index (χ2v) is 5.16. The van der Waals surface area contributed by atoms with Gasteiger partial charge in [-0.1, -0.05) is 6.07 Å². The van der Waals surface area contributed by atoms with Crippen molar-refractivity contribution in [3.63, 3.8) is 0 Å². The molecule has 0 saturated carbocycles. The summed E-state index contributed by atoms with van der Waals surface area (Å²) in [4.78, 5) is 15.8. The predicted molar refractivity (Wildman–Crippen MR) is 73.1 cm³/mol. The van der Waals surface area contributed by atoms with Crippen LogP contribution in [0.4, 0.5) is 5.69 Å². The molecule has 2 N–H and O–H groups in total. The Labute approximate surface area is 108 Å². The summed E-state index contributed by atoms with van der Waals surface area (Å²) in [5, 5.41) is 0. The van der Waals surface area contributed by atoms with Crippen molar-refractivity contribution < 1.29 is 4.79 Å². The van der Waals surface area contributed by atoms with E-state index in [-0.39, 0.29) is 11.9 Å². The Bertz CT molecular complexity index is 456. The van der Waals surface area contributed by atoms with E-state index in [1.54, 1.807) is 19.0 Å². The van der Waals surface area contributed by atoms with Crippen LogP contribution in [0.1, 0.15) is 18.1 Å². The highest BCUT2D eigenvalue weighted by Crippen LogP contribution is 2.23. The molecular weight excluding hydrogens is 226 g/mol. The number of nitrogen functional groups attached to an aromatic ring is 1. The number of anilines is 1. The molecule has 98 valence electrons. The number of carbonyl (C=O) groups is 1. The van der Waals surface area contributed by atoms with E-state index in [1.807, 2.05) is 19.1 Å². The lowest BCUT2D eigenvalue weighted by Crippen LogP contribution is -2.46. The zero-order chi connectivity index (χ0) is 13.3. The van der Waals surface area contributed by atoms with E-state index in [1.165, 1.54) is 11.1 Å². The van der Waals surface area contributed by atoms with Crippen LogP contribution in [-0.2, 0) is 17.8 Å². The largest absolute Gasteiger partial charge is 0.399 e. The maximum absolute atomic E-state index is 12.0. The summed E-state index contributed by atoms with van der Waals surface area (Å²) < 4.78 is 0. The van der Waals surface area contributed by atoms with Gasteiger partial charge in [0.05, 0.1) is 6.04 Å². The van der Waals surface area contributed by atoms with Crippen molar-refractivity contribution in [3.8, 4) is 0 Å². The molecule has 0 aromatic heterocycles. The molecule has 0 aliphatic carbocycles. The second-order valence-electron chi connectivity index (χ2n) is 5.16. The lowest BCUT2D eigenvalue weighted by Gasteiger charge is -2.34. The number of nitrogens with two attached hydrogens (primary N) is 1. The van der Waals surface area contributed by atoms with Crippen LogP contribution >= 0.6 is 0 Å². The van der Waals surface area contributed by atoms with E-state index in [0.29, 0.717) is 0 Å². The molecule has 1 aliphatic heterocycles. The molecule has 4 nitrogen and oxygen atoms in total. The van der Waals surface area contributed by atoms with Crippen LogP contribution in [0.15, 0.2) is 18.2 Å². The first kappa shape index (κ1) is 12.9. The van der Waals surface area contributed by atoms with Crippen LogP contribution in [0.2, 0.25) is 0 Å². The van der Waals surface area contributed by atoms with Gasteiger partial charge in [0, 0.05) is 32.9 Å². The summed E-state index contributed by atoms with van der Waals surface area (Å²) in [6.07, 6.45) is 0.987. The lowest BCUT2D eigenvalue weighted by atomic mass is 9.98. The third-order valence-electron chi connectivity index (χ3n) is 3.62. The highest BCUT2D eigenvalue weighted by Gasteiger charge is 2.26. The van der Waals surface area contributed by atoms with Gasteiger partial charge in [-0.15, -0.1) is 0 Å². The molecule has 1 atom stereocenters. The van der Waals surface area contributed by atoms with E-state index in [2.05, 4.69) is 11.0 Å². The fourth-order valence-corrected chi connectivity index (χ4v) is 2.46. The SMILES string of the molecule is CC(C(=O)N(C)C)N1CCc2ccc(N)cc2C1. The fraction of sp³-hybridized carbons (Fsp3) is 0.500. The topological polar surface area (TPSA) is 49.6 Å². The van der Waals surface area contributed by atoms with Crippen LogP contribution in [0.3, 0.4) is 0 Å². The maximum atomic E-state index is 12.0. The van der Waals surface area contributed by atoms with Gasteiger partial charge < -0.3 is 10.6 Å². The Hall–Kier alpha value is -1.55. The quantitative estimate of drug-likeness (QED) is 0.796. The van der Waals surface area contributed by atoms with Crippen molar-refractivity contribution in [2.75, 3.05) is 26.4 Å². The molecule has 0 bridgehead atoms. The van der Waals surface area contributed by atoms with E-state index in [9.17, 15) is 4.79 Å². The molecule has 1 amide bonds. The molecule has 4 heteroatoms. The zero-order valence-corrected chi connectivity index (χ0v) is 11.3. The molecule has 2 rings (SSSR count). The molecule has 1 heterocycles. The van der Waals surface area contributed by atoms with Gasteiger partial charge >= 0.3 is 0 Å². The molecule has 1 aromatic carbocycles. The minimum Gasteiger partial charge on any atom is -0.399 e. The van der Waals surface area contributed by atoms with Gasteiger partial charge in [-0.25, -0.2) is 0 Å². The molecule has 0 saturated heterocycles. The van der Waals surface area contributed by atoms with Gasteiger partial charge in [0.25, 0.3) is 0 Å². The van der Waals surface area contributed by atoms with Crippen molar-refractivity contribution in [1.29, 1.82) is 0 Å². The summed E-state index contributed by atoms with van der Waals surface area (Å²) in [7, 11) is 3.60. The number of hydrogen-bond donors (Lipinski definition) is 1. The molecule has 0 spiro atoms. The highest BCUT2D eigenvalue weighted by atomic mass is 16.2. The average Bonchev–Trinajstić information content (AvgIpc) is 2.35. The third kappa shape index (κ3) is 2.48. The number of rotatable bonds is 2. The molecule has 0 fully saturated rings. The molecular formula is C14H21N3O. The number of carbonyl (C=O) groups excluding carboxylic acids is 1. The summed E-state index contributed by atoms with van der Waals surface area (Å²) in [6, 6.07) is 5.99. The van der Waals surface area contributed by atoms with Crippen LogP contribution in [-0.4, -0.2) is 42.4 Å². The first-order valence-electron chi connectivity index (χ1n) is 6.31. The Morgan fingerprint density at radius 1 is 1.39 bits per heavy atom. The molecule has 18 heavy (non-hydrogen) atoms. The predicted octanol–water partition coefficient (Wildman–Crippen LogP) is 1.10. The first-order valence-corrected chi connectivity index (χ1v) is 6.31. The number of benzene rings is 1. The summed E-state index contributed by atoms with van der Waals surface area (Å²) >= 11 is 0. The van der Waals surface area contributed by atoms with E-state index in [0.717, 1.165) is 25.2 Å². The van der Waals surface area contributed by atoms with Crippen LogP contribution in [0, 0.1) is 0 Å². The van der Waals surface area contributed by atoms with Gasteiger partial charge in [-0.05, 0) is 36.6 Å². The second kappa shape index (κ2) is 4.98. The number of amides is 1. The lowest BCUT2D eigenvalue weighted by molar-refractivity contribution is -0.134. The smallest absolute Gasteiger partial charge is 0.239 e. The number of hydrogen-bond acceptors (Lipinski definition) is 3. The van der Waals surface area contributed by atoms with E-state index >= 15 is 0 Å². The van der Waals surface area contributed by atoms with Crippen molar-refractivity contribution in [2.24, 2.45) is 0 Å². The minimum absolute atomic E-state index is 0.0745. The van der Waals surface area contributed by atoms with E-state index < -0.39 is 0 Å². The van der Waals surface area contributed by atoms with E-state index in [4.69, 9.17) is 5.73 Å². The molecule has 0 radical (unpaired) electrons. The Morgan fingerprint density at radius 2 is 2.11 bits per heavy atom. The van der Waals surface area contributed by atoms with Crippen molar-refractivity contribution in [1.82, 2.24) is 9.80 Å². The average molecular weight is 247 g/mol. The minimum atomic E-state index is -0.0745. The van der Waals surface area contributed by atoms with Crippen LogP contribution in [0.5, 0.6) is 0 Å². The van der Waals surface area contributed by atoms with Gasteiger partial charge in [0.1, 0.15) is 0 Å². The van der Waals surface area contributed by atoms with Crippen molar-refractivity contribution in [2.45, 2.75) is 25.9 Å². The van der Waals surface area contributed by atoms with Crippen molar-refractivity contribution >= 4 is 11.6 Å². The Balaban J connectivity index is 2.14. The van der Waals surface area contributed by atoms with Crippen LogP contribution < -0.4 is 5.73 Å². The summed E-state index contributed by atoms with van der Waals surface area (Å²) in [5.41, 5.74) is 9.21.